The Morgan fingerprint density at radius 1 is 1.00 bits per heavy atom. The van der Waals surface area contributed by atoms with Gasteiger partial charge in [0, 0.05) is 5.56 Å². The number of hydrogen-bond donors (Lipinski definition) is 1. The largest absolute Gasteiger partial charge is 0.278 e. The first-order chi connectivity index (χ1) is 10.8. The minimum Gasteiger partial charge on any atom is -0.278 e. The molecule has 0 radical (unpaired) electrons. The number of para-hydroxylation sites is 1. The Kier molecular flexibility index (Phi) is 4.19. The number of hydrazone groups is 1. The third-order valence-corrected chi connectivity index (χ3v) is 3.99. The maximum absolute atomic E-state index is 4.41. The molecule has 0 spiro atoms. The standard InChI is InChI=1S/C20H20N2/c1-15-9-7-12-18(15)19-11-5-4-10-17(19)14-21-22-20-13-6-3-8-16(20)2/h3-11,13-14,22H,12H2,1-2H3. The molecular formula is C20H20N2. The number of anilines is 1. The zero-order valence-electron chi connectivity index (χ0n) is 13.0. The highest BCUT2D eigenvalue weighted by atomic mass is 15.3. The van der Waals surface area contributed by atoms with Crippen LogP contribution in [0.5, 0.6) is 0 Å². The number of allylic oxidation sites excluding steroid dienone is 4. The van der Waals surface area contributed by atoms with Gasteiger partial charge in [-0.2, -0.15) is 5.10 Å². The van der Waals surface area contributed by atoms with Crippen molar-refractivity contribution in [1.82, 2.24) is 0 Å². The summed E-state index contributed by atoms with van der Waals surface area (Å²) in [5, 5.41) is 4.41. The molecule has 0 bridgehead atoms. The molecule has 2 aromatic rings. The zero-order chi connectivity index (χ0) is 15.4. The lowest BCUT2D eigenvalue weighted by Gasteiger charge is -2.09. The van der Waals surface area contributed by atoms with Crippen LogP contribution in [0.2, 0.25) is 0 Å². The molecule has 2 heteroatoms. The Morgan fingerprint density at radius 2 is 1.77 bits per heavy atom. The van der Waals surface area contributed by atoms with Gasteiger partial charge in [-0.15, -0.1) is 0 Å². The van der Waals surface area contributed by atoms with E-state index in [4.69, 9.17) is 0 Å². The number of aryl methyl sites for hydroxylation is 1. The predicted octanol–water partition coefficient (Wildman–Crippen LogP) is 5.17. The smallest absolute Gasteiger partial charge is 0.0590 e. The molecular weight excluding hydrogens is 268 g/mol. The quantitative estimate of drug-likeness (QED) is 0.609. The molecule has 0 fully saturated rings. The van der Waals surface area contributed by atoms with Gasteiger partial charge in [-0.05, 0) is 48.6 Å². The van der Waals surface area contributed by atoms with Crippen molar-refractivity contribution in [3.05, 3.63) is 82.9 Å². The second-order valence-corrected chi connectivity index (χ2v) is 5.54. The van der Waals surface area contributed by atoms with Crippen LogP contribution >= 0.6 is 0 Å². The fraction of sp³-hybridized carbons (Fsp3) is 0.150. The lowest BCUT2D eigenvalue weighted by molar-refractivity contribution is 1.31. The average Bonchev–Trinajstić information content (AvgIpc) is 2.96. The SMILES string of the molecule is CC1=C(c2ccccc2C=NNc2ccccc2C)CC=C1. The fourth-order valence-electron chi connectivity index (χ4n) is 2.69. The zero-order valence-corrected chi connectivity index (χ0v) is 13.0. The van der Waals surface area contributed by atoms with E-state index in [1.807, 2.05) is 24.4 Å². The highest BCUT2D eigenvalue weighted by Gasteiger charge is 2.10. The van der Waals surface area contributed by atoms with Crippen molar-refractivity contribution >= 4 is 17.5 Å². The average molecular weight is 288 g/mol. The Hall–Kier alpha value is -2.61. The minimum atomic E-state index is 1.00. The molecule has 2 aromatic carbocycles. The van der Waals surface area contributed by atoms with Crippen molar-refractivity contribution in [2.45, 2.75) is 20.3 Å². The summed E-state index contributed by atoms with van der Waals surface area (Å²) in [5.74, 6) is 0. The van der Waals surface area contributed by atoms with Crippen molar-refractivity contribution in [3.8, 4) is 0 Å². The van der Waals surface area contributed by atoms with Crippen LogP contribution in [0.4, 0.5) is 5.69 Å². The van der Waals surface area contributed by atoms with E-state index in [1.54, 1.807) is 0 Å². The summed E-state index contributed by atoms with van der Waals surface area (Å²) in [6.07, 6.45) is 7.31. The molecule has 1 aliphatic rings. The van der Waals surface area contributed by atoms with Gasteiger partial charge in [0.2, 0.25) is 0 Å². The summed E-state index contributed by atoms with van der Waals surface area (Å²) in [4.78, 5) is 0. The molecule has 0 atom stereocenters. The lowest BCUT2D eigenvalue weighted by atomic mass is 9.97. The van der Waals surface area contributed by atoms with E-state index >= 15 is 0 Å². The second-order valence-electron chi connectivity index (χ2n) is 5.54. The molecule has 1 aliphatic carbocycles. The van der Waals surface area contributed by atoms with E-state index in [9.17, 15) is 0 Å². The molecule has 0 unspecified atom stereocenters. The number of nitrogens with one attached hydrogen (secondary N) is 1. The normalized spacial score (nSPS) is 14.1. The Morgan fingerprint density at radius 3 is 2.55 bits per heavy atom. The van der Waals surface area contributed by atoms with Crippen LogP contribution in [0.1, 0.15) is 30.0 Å². The Bertz CT molecular complexity index is 767. The van der Waals surface area contributed by atoms with Crippen molar-refractivity contribution in [3.63, 3.8) is 0 Å². The van der Waals surface area contributed by atoms with Gasteiger partial charge in [0.1, 0.15) is 0 Å². The summed E-state index contributed by atoms with van der Waals surface area (Å²) < 4.78 is 0. The number of benzene rings is 2. The maximum Gasteiger partial charge on any atom is 0.0590 e. The van der Waals surface area contributed by atoms with E-state index in [0.29, 0.717) is 0 Å². The predicted molar refractivity (Wildman–Crippen MR) is 95.2 cm³/mol. The van der Waals surface area contributed by atoms with Gasteiger partial charge in [-0.1, -0.05) is 54.6 Å². The molecule has 1 N–H and O–H groups in total. The summed E-state index contributed by atoms with van der Waals surface area (Å²) in [7, 11) is 0. The van der Waals surface area contributed by atoms with Crippen LogP contribution < -0.4 is 5.43 Å². The second kappa shape index (κ2) is 6.44. The van der Waals surface area contributed by atoms with Gasteiger partial charge in [-0.25, -0.2) is 0 Å². The minimum absolute atomic E-state index is 1.00. The van der Waals surface area contributed by atoms with E-state index < -0.39 is 0 Å². The Labute approximate surface area is 131 Å². The van der Waals surface area contributed by atoms with Crippen LogP contribution in [-0.4, -0.2) is 6.21 Å². The maximum atomic E-state index is 4.41. The molecule has 0 heterocycles. The van der Waals surface area contributed by atoms with Crippen LogP contribution in [0, 0.1) is 6.92 Å². The molecule has 0 aliphatic heterocycles. The molecule has 0 saturated carbocycles. The molecule has 3 rings (SSSR count). The first kappa shape index (κ1) is 14.3. The lowest BCUT2D eigenvalue weighted by Crippen LogP contribution is -1.96. The summed E-state index contributed by atoms with van der Waals surface area (Å²) >= 11 is 0. The number of rotatable bonds is 4. The van der Waals surface area contributed by atoms with E-state index in [-0.39, 0.29) is 0 Å². The first-order valence-corrected chi connectivity index (χ1v) is 7.56. The summed E-state index contributed by atoms with van der Waals surface area (Å²) in [6.45, 7) is 4.24. The highest BCUT2D eigenvalue weighted by Crippen LogP contribution is 2.30. The van der Waals surface area contributed by atoms with Gasteiger partial charge >= 0.3 is 0 Å². The van der Waals surface area contributed by atoms with Crippen molar-refractivity contribution in [1.29, 1.82) is 0 Å². The van der Waals surface area contributed by atoms with Gasteiger partial charge in [-0.3, -0.25) is 5.43 Å². The van der Waals surface area contributed by atoms with Crippen molar-refractivity contribution in [2.75, 3.05) is 5.43 Å². The highest BCUT2D eigenvalue weighted by molar-refractivity contribution is 5.90. The molecule has 110 valence electrons. The third kappa shape index (κ3) is 3.01. The Balaban J connectivity index is 1.83. The summed E-state index contributed by atoms with van der Waals surface area (Å²) in [5.41, 5.74) is 10.5. The molecule has 2 nitrogen and oxygen atoms in total. The van der Waals surface area contributed by atoms with Gasteiger partial charge < -0.3 is 0 Å². The van der Waals surface area contributed by atoms with E-state index in [2.05, 4.69) is 66.9 Å². The fourth-order valence-corrected chi connectivity index (χ4v) is 2.69. The van der Waals surface area contributed by atoms with Crippen molar-refractivity contribution < 1.29 is 0 Å². The van der Waals surface area contributed by atoms with Crippen LogP contribution in [0.25, 0.3) is 5.57 Å². The van der Waals surface area contributed by atoms with E-state index in [1.165, 1.54) is 22.3 Å². The monoisotopic (exact) mass is 288 g/mol. The molecule has 0 saturated heterocycles. The van der Waals surface area contributed by atoms with Crippen LogP contribution in [0.3, 0.4) is 0 Å². The summed E-state index contributed by atoms with van der Waals surface area (Å²) in [6, 6.07) is 16.6. The van der Waals surface area contributed by atoms with Crippen molar-refractivity contribution in [2.24, 2.45) is 5.10 Å². The van der Waals surface area contributed by atoms with Gasteiger partial charge in [0.15, 0.2) is 0 Å². The number of hydrogen-bond acceptors (Lipinski definition) is 2. The molecule has 0 aromatic heterocycles. The molecule has 0 amide bonds. The van der Waals surface area contributed by atoms with Crippen LogP contribution in [-0.2, 0) is 0 Å². The topological polar surface area (TPSA) is 24.4 Å². The first-order valence-electron chi connectivity index (χ1n) is 7.56. The molecule has 22 heavy (non-hydrogen) atoms. The number of nitrogens with zero attached hydrogens (tertiary/aromatic N) is 1. The van der Waals surface area contributed by atoms with Gasteiger partial charge in [0.05, 0.1) is 11.9 Å². The van der Waals surface area contributed by atoms with E-state index in [0.717, 1.165) is 17.7 Å². The third-order valence-electron chi connectivity index (χ3n) is 3.99. The van der Waals surface area contributed by atoms with Gasteiger partial charge in [0.25, 0.3) is 0 Å². The van der Waals surface area contributed by atoms with Crippen LogP contribution in [0.15, 0.2) is 71.4 Å².